The van der Waals surface area contributed by atoms with Crippen LogP contribution in [0.25, 0.3) is 0 Å². The molecule has 1 aromatic rings. The number of aryl methyl sites for hydroxylation is 1. The molecule has 1 aliphatic heterocycles. The van der Waals surface area contributed by atoms with Crippen LogP contribution in [0.2, 0.25) is 0 Å². The topological polar surface area (TPSA) is 38.3 Å². The molecule has 1 aromatic carbocycles. The lowest BCUT2D eigenvalue weighted by Gasteiger charge is -2.18. The SMILES string of the molecule is CCc1ccc2c(c1)NC(=O)CO2. The van der Waals surface area contributed by atoms with Crippen LogP contribution < -0.4 is 10.1 Å². The van der Waals surface area contributed by atoms with Gasteiger partial charge in [-0.05, 0) is 24.1 Å². The predicted octanol–water partition coefficient (Wildman–Crippen LogP) is 1.58. The lowest BCUT2D eigenvalue weighted by atomic mass is 10.1. The first kappa shape index (κ1) is 8.10. The second kappa shape index (κ2) is 3.09. The van der Waals surface area contributed by atoms with Crippen LogP contribution in [0, 0.1) is 0 Å². The molecule has 13 heavy (non-hydrogen) atoms. The van der Waals surface area contributed by atoms with E-state index in [4.69, 9.17) is 4.74 Å². The minimum absolute atomic E-state index is 0.0826. The molecule has 68 valence electrons. The van der Waals surface area contributed by atoms with Crippen LogP contribution in [-0.4, -0.2) is 12.5 Å². The quantitative estimate of drug-likeness (QED) is 0.707. The molecule has 2 rings (SSSR count). The van der Waals surface area contributed by atoms with E-state index in [9.17, 15) is 4.79 Å². The number of nitrogens with one attached hydrogen (secondary N) is 1. The number of fused-ring (bicyclic) bond motifs is 1. The van der Waals surface area contributed by atoms with Crippen molar-refractivity contribution in [2.75, 3.05) is 11.9 Å². The maximum Gasteiger partial charge on any atom is 0.262 e. The Morgan fingerprint density at radius 3 is 3.15 bits per heavy atom. The molecule has 0 saturated heterocycles. The van der Waals surface area contributed by atoms with Crippen LogP contribution in [0.3, 0.4) is 0 Å². The summed E-state index contributed by atoms with van der Waals surface area (Å²) in [7, 11) is 0. The van der Waals surface area contributed by atoms with Gasteiger partial charge in [0.1, 0.15) is 5.75 Å². The zero-order valence-corrected chi connectivity index (χ0v) is 7.46. The average molecular weight is 177 g/mol. The van der Waals surface area contributed by atoms with E-state index in [2.05, 4.69) is 12.2 Å². The summed E-state index contributed by atoms with van der Waals surface area (Å²) >= 11 is 0. The molecule has 1 heterocycles. The molecule has 0 spiro atoms. The van der Waals surface area contributed by atoms with Crippen molar-refractivity contribution >= 4 is 11.6 Å². The van der Waals surface area contributed by atoms with Gasteiger partial charge in [0.15, 0.2) is 6.61 Å². The van der Waals surface area contributed by atoms with Crippen molar-refractivity contribution in [2.24, 2.45) is 0 Å². The Bertz CT molecular complexity index is 347. The first-order valence-corrected chi connectivity index (χ1v) is 4.35. The maximum atomic E-state index is 11.0. The molecule has 1 N–H and O–H groups in total. The van der Waals surface area contributed by atoms with Gasteiger partial charge in [-0.1, -0.05) is 13.0 Å². The minimum Gasteiger partial charge on any atom is -0.482 e. The summed E-state index contributed by atoms with van der Waals surface area (Å²) in [5.74, 6) is 0.678. The fourth-order valence-electron chi connectivity index (χ4n) is 1.35. The van der Waals surface area contributed by atoms with E-state index >= 15 is 0 Å². The standard InChI is InChI=1S/C10H11NO2/c1-2-7-3-4-9-8(5-7)11-10(12)6-13-9/h3-5H,2,6H2,1H3,(H,11,12). The number of carbonyl (C=O) groups is 1. The Balaban J connectivity index is 2.38. The first-order chi connectivity index (χ1) is 6.29. The van der Waals surface area contributed by atoms with E-state index in [0.717, 1.165) is 17.9 Å². The van der Waals surface area contributed by atoms with Crippen LogP contribution in [-0.2, 0) is 11.2 Å². The van der Waals surface area contributed by atoms with Crippen molar-refractivity contribution < 1.29 is 9.53 Å². The molecule has 0 aromatic heterocycles. The van der Waals surface area contributed by atoms with Crippen LogP contribution in [0.5, 0.6) is 5.75 Å². The molecule has 1 aliphatic rings. The van der Waals surface area contributed by atoms with Crippen molar-refractivity contribution in [1.29, 1.82) is 0 Å². The number of hydrogen-bond donors (Lipinski definition) is 1. The van der Waals surface area contributed by atoms with Gasteiger partial charge in [0, 0.05) is 0 Å². The lowest BCUT2D eigenvalue weighted by Crippen LogP contribution is -2.25. The maximum absolute atomic E-state index is 11.0. The Labute approximate surface area is 76.7 Å². The molecule has 3 heteroatoms. The average Bonchev–Trinajstić information content (AvgIpc) is 2.16. The minimum atomic E-state index is -0.0826. The third-order valence-electron chi connectivity index (χ3n) is 2.09. The van der Waals surface area contributed by atoms with Gasteiger partial charge in [-0.15, -0.1) is 0 Å². The van der Waals surface area contributed by atoms with Crippen LogP contribution >= 0.6 is 0 Å². The Morgan fingerprint density at radius 2 is 2.38 bits per heavy atom. The molecule has 3 nitrogen and oxygen atoms in total. The van der Waals surface area contributed by atoms with E-state index in [0.29, 0.717) is 0 Å². The molecule has 0 atom stereocenters. The largest absolute Gasteiger partial charge is 0.482 e. The zero-order valence-electron chi connectivity index (χ0n) is 7.46. The second-order valence-corrected chi connectivity index (χ2v) is 3.02. The Morgan fingerprint density at radius 1 is 1.54 bits per heavy atom. The summed E-state index contributed by atoms with van der Waals surface area (Å²) in [5, 5.41) is 2.77. The third kappa shape index (κ3) is 1.49. The van der Waals surface area contributed by atoms with Crippen LogP contribution in [0.15, 0.2) is 18.2 Å². The number of hydrogen-bond acceptors (Lipinski definition) is 2. The van der Waals surface area contributed by atoms with E-state index in [1.807, 2.05) is 18.2 Å². The van der Waals surface area contributed by atoms with E-state index in [-0.39, 0.29) is 12.5 Å². The van der Waals surface area contributed by atoms with E-state index in [1.165, 1.54) is 5.56 Å². The predicted molar refractivity (Wildman–Crippen MR) is 49.9 cm³/mol. The normalized spacial score (nSPS) is 14.4. The van der Waals surface area contributed by atoms with Crippen molar-refractivity contribution in [3.8, 4) is 5.75 Å². The lowest BCUT2D eigenvalue weighted by molar-refractivity contribution is -0.118. The third-order valence-corrected chi connectivity index (χ3v) is 2.09. The highest BCUT2D eigenvalue weighted by atomic mass is 16.5. The molecule has 0 aliphatic carbocycles. The Hall–Kier alpha value is -1.51. The summed E-state index contributed by atoms with van der Waals surface area (Å²) in [6.07, 6.45) is 0.961. The molecule has 0 radical (unpaired) electrons. The number of benzene rings is 1. The van der Waals surface area contributed by atoms with Gasteiger partial charge in [0.05, 0.1) is 5.69 Å². The van der Waals surface area contributed by atoms with Gasteiger partial charge in [0.2, 0.25) is 0 Å². The van der Waals surface area contributed by atoms with Crippen molar-refractivity contribution in [1.82, 2.24) is 0 Å². The summed E-state index contributed by atoms with van der Waals surface area (Å²) in [5.41, 5.74) is 1.99. The Kier molecular flexibility index (Phi) is 1.93. The molecular weight excluding hydrogens is 166 g/mol. The number of amides is 1. The van der Waals surface area contributed by atoms with Gasteiger partial charge in [0.25, 0.3) is 5.91 Å². The highest BCUT2D eigenvalue weighted by Crippen LogP contribution is 2.28. The van der Waals surface area contributed by atoms with Gasteiger partial charge in [-0.2, -0.15) is 0 Å². The first-order valence-electron chi connectivity index (χ1n) is 4.35. The van der Waals surface area contributed by atoms with Crippen LogP contribution in [0.4, 0.5) is 5.69 Å². The zero-order chi connectivity index (χ0) is 9.26. The highest BCUT2D eigenvalue weighted by Gasteiger charge is 2.15. The fraction of sp³-hybridized carbons (Fsp3) is 0.300. The van der Waals surface area contributed by atoms with Gasteiger partial charge in [-0.25, -0.2) is 0 Å². The van der Waals surface area contributed by atoms with Gasteiger partial charge < -0.3 is 10.1 Å². The number of anilines is 1. The van der Waals surface area contributed by atoms with E-state index < -0.39 is 0 Å². The summed E-state index contributed by atoms with van der Waals surface area (Å²) in [6, 6.07) is 5.86. The number of rotatable bonds is 1. The summed E-state index contributed by atoms with van der Waals surface area (Å²) < 4.78 is 5.22. The summed E-state index contributed by atoms with van der Waals surface area (Å²) in [6.45, 7) is 2.20. The molecule has 0 fully saturated rings. The van der Waals surface area contributed by atoms with E-state index in [1.54, 1.807) is 0 Å². The molecule has 0 bridgehead atoms. The number of ether oxygens (including phenoxy) is 1. The van der Waals surface area contributed by atoms with Gasteiger partial charge >= 0.3 is 0 Å². The van der Waals surface area contributed by atoms with Gasteiger partial charge in [-0.3, -0.25) is 4.79 Å². The van der Waals surface area contributed by atoms with Crippen LogP contribution in [0.1, 0.15) is 12.5 Å². The number of carbonyl (C=O) groups excluding carboxylic acids is 1. The fourth-order valence-corrected chi connectivity index (χ4v) is 1.35. The van der Waals surface area contributed by atoms with Crippen molar-refractivity contribution in [2.45, 2.75) is 13.3 Å². The highest BCUT2D eigenvalue weighted by molar-refractivity contribution is 5.95. The monoisotopic (exact) mass is 177 g/mol. The summed E-state index contributed by atoms with van der Waals surface area (Å²) in [4.78, 5) is 11.0. The van der Waals surface area contributed by atoms with Crippen molar-refractivity contribution in [3.63, 3.8) is 0 Å². The van der Waals surface area contributed by atoms with Crippen molar-refractivity contribution in [3.05, 3.63) is 23.8 Å². The smallest absolute Gasteiger partial charge is 0.262 e. The molecule has 1 amide bonds. The second-order valence-electron chi connectivity index (χ2n) is 3.02. The molecular formula is C10H11NO2. The molecule has 0 unspecified atom stereocenters. The molecule has 0 saturated carbocycles.